The van der Waals surface area contributed by atoms with Crippen molar-refractivity contribution in [1.29, 1.82) is 0 Å². The number of alkyl halides is 3. The van der Waals surface area contributed by atoms with E-state index < -0.39 is 37.3 Å². The molecular formula is C16H18F3N3O4S. The minimum absolute atomic E-state index is 0.0164. The predicted molar refractivity (Wildman–Crippen MR) is 89.6 cm³/mol. The van der Waals surface area contributed by atoms with Gasteiger partial charge in [0, 0.05) is 12.3 Å². The lowest BCUT2D eigenvalue weighted by Gasteiger charge is -2.23. The van der Waals surface area contributed by atoms with E-state index in [1.165, 1.54) is 6.07 Å². The molecule has 11 heteroatoms. The molecule has 2 rings (SSSR count). The highest BCUT2D eigenvalue weighted by Crippen LogP contribution is 2.30. The molecule has 2 aromatic rings. The molecule has 0 aliphatic heterocycles. The second-order valence-electron chi connectivity index (χ2n) is 6.28. The molecule has 27 heavy (non-hydrogen) atoms. The fourth-order valence-electron chi connectivity index (χ4n) is 2.13. The standard InChI is InChI=1S/C16H18F3N3O4S/c1-4-5-10-8-13(26-22-10)21-14(23)15(2,3)27(24,25)11-6-7-12(20-9-11)16(17,18)19/h6-9H,4-5H2,1-3H3,(H,21,23). The number of anilines is 1. The minimum Gasteiger partial charge on any atom is -0.338 e. The molecule has 2 heterocycles. The summed E-state index contributed by atoms with van der Waals surface area (Å²) in [5, 5.41) is 6.06. The van der Waals surface area contributed by atoms with E-state index in [1.807, 2.05) is 6.92 Å². The lowest BCUT2D eigenvalue weighted by Crippen LogP contribution is -2.44. The Labute approximate surface area is 153 Å². The summed E-state index contributed by atoms with van der Waals surface area (Å²) < 4.78 is 66.2. The highest BCUT2D eigenvalue weighted by atomic mass is 32.2. The van der Waals surface area contributed by atoms with E-state index in [1.54, 1.807) is 0 Å². The summed E-state index contributed by atoms with van der Waals surface area (Å²) in [5.74, 6) is -0.932. The van der Waals surface area contributed by atoms with Gasteiger partial charge in [-0.05, 0) is 32.4 Å². The van der Waals surface area contributed by atoms with Crippen LogP contribution >= 0.6 is 0 Å². The van der Waals surface area contributed by atoms with E-state index in [9.17, 15) is 26.4 Å². The zero-order valence-corrected chi connectivity index (χ0v) is 15.6. The molecule has 0 aromatic carbocycles. The van der Waals surface area contributed by atoms with Crippen LogP contribution in [0.15, 0.2) is 33.8 Å². The van der Waals surface area contributed by atoms with Gasteiger partial charge in [-0.15, -0.1) is 0 Å². The smallest absolute Gasteiger partial charge is 0.338 e. The van der Waals surface area contributed by atoms with Gasteiger partial charge in [0.2, 0.25) is 11.8 Å². The first-order valence-electron chi connectivity index (χ1n) is 7.94. The number of aromatic nitrogens is 2. The summed E-state index contributed by atoms with van der Waals surface area (Å²) in [6.45, 7) is 4.21. The fourth-order valence-corrected chi connectivity index (χ4v) is 3.45. The van der Waals surface area contributed by atoms with Crippen LogP contribution in [0.3, 0.4) is 0 Å². The minimum atomic E-state index is -4.70. The van der Waals surface area contributed by atoms with Crippen molar-refractivity contribution >= 4 is 21.6 Å². The van der Waals surface area contributed by atoms with Crippen LogP contribution in [0, 0.1) is 0 Å². The molecule has 0 aliphatic carbocycles. The lowest BCUT2D eigenvalue weighted by molar-refractivity contribution is -0.141. The summed E-state index contributed by atoms with van der Waals surface area (Å²) in [4.78, 5) is 15.1. The van der Waals surface area contributed by atoms with Crippen molar-refractivity contribution in [2.75, 3.05) is 5.32 Å². The topological polar surface area (TPSA) is 102 Å². The lowest BCUT2D eigenvalue weighted by atomic mass is 10.2. The van der Waals surface area contributed by atoms with E-state index in [-0.39, 0.29) is 5.88 Å². The number of aryl methyl sites for hydroxylation is 1. The van der Waals surface area contributed by atoms with Crippen LogP contribution in [-0.4, -0.2) is 29.2 Å². The Balaban J connectivity index is 2.25. The van der Waals surface area contributed by atoms with Crippen LogP contribution in [-0.2, 0) is 27.2 Å². The number of halogens is 3. The van der Waals surface area contributed by atoms with Crippen LogP contribution < -0.4 is 5.32 Å². The predicted octanol–water partition coefficient (Wildman–Crippen LogP) is 3.23. The second kappa shape index (κ2) is 7.29. The molecule has 0 fully saturated rings. The zero-order valence-electron chi connectivity index (χ0n) is 14.8. The van der Waals surface area contributed by atoms with Crippen molar-refractivity contribution in [2.24, 2.45) is 0 Å². The Morgan fingerprint density at radius 1 is 1.26 bits per heavy atom. The van der Waals surface area contributed by atoms with Gasteiger partial charge in [0.05, 0.1) is 10.6 Å². The van der Waals surface area contributed by atoms with Crippen LogP contribution in [0.4, 0.5) is 19.1 Å². The largest absolute Gasteiger partial charge is 0.433 e. The normalized spacial score (nSPS) is 12.8. The molecule has 0 saturated carbocycles. The van der Waals surface area contributed by atoms with Gasteiger partial charge in [-0.1, -0.05) is 18.5 Å². The molecule has 0 unspecified atom stereocenters. The molecule has 0 atom stereocenters. The summed E-state index contributed by atoms with van der Waals surface area (Å²) in [7, 11) is -4.33. The SMILES string of the molecule is CCCc1cc(NC(=O)C(C)(C)S(=O)(=O)c2ccc(C(F)(F)F)nc2)on1. The van der Waals surface area contributed by atoms with Crippen molar-refractivity contribution in [2.45, 2.75) is 49.4 Å². The van der Waals surface area contributed by atoms with Gasteiger partial charge in [0.1, 0.15) is 10.4 Å². The molecule has 0 aliphatic rings. The number of carbonyl (C=O) groups excluding carboxylic acids is 1. The monoisotopic (exact) mass is 405 g/mol. The van der Waals surface area contributed by atoms with Crippen LogP contribution in [0.1, 0.15) is 38.6 Å². The average molecular weight is 405 g/mol. The van der Waals surface area contributed by atoms with Crippen LogP contribution in [0.25, 0.3) is 0 Å². The van der Waals surface area contributed by atoms with E-state index >= 15 is 0 Å². The summed E-state index contributed by atoms with van der Waals surface area (Å²) in [6, 6.07) is 2.80. The first-order valence-corrected chi connectivity index (χ1v) is 9.43. The molecule has 2 aromatic heterocycles. The zero-order chi connectivity index (χ0) is 20.5. The maximum atomic E-state index is 12.7. The van der Waals surface area contributed by atoms with Gasteiger partial charge in [-0.25, -0.2) is 8.42 Å². The number of nitrogens with zero attached hydrogens (tertiary/aromatic N) is 2. The van der Waals surface area contributed by atoms with Gasteiger partial charge in [0.25, 0.3) is 0 Å². The van der Waals surface area contributed by atoms with Gasteiger partial charge in [0.15, 0.2) is 9.84 Å². The van der Waals surface area contributed by atoms with Crippen molar-refractivity contribution in [3.05, 3.63) is 35.8 Å². The Morgan fingerprint density at radius 2 is 1.93 bits per heavy atom. The number of amides is 1. The third-order valence-corrected chi connectivity index (χ3v) is 6.25. The Hall–Kier alpha value is -2.43. The molecule has 0 saturated heterocycles. The Morgan fingerprint density at radius 3 is 2.44 bits per heavy atom. The maximum Gasteiger partial charge on any atom is 0.433 e. The number of hydrogen-bond donors (Lipinski definition) is 1. The highest BCUT2D eigenvalue weighted by molar-refractivity contribution is 7.93. The summed E-state index contributed by atoms with van der Waals surface area (Å²) >= 11 is 0. The number of hydrogen-bond acceptors (Lipinski definition) is 6. The highest BCUT2D eigenvalue weighted by Gasteiger charge is 2.44. The second-order valence-corrected chi connectivity index (χ2v) is 8.78. The molecule has 1 amide bonds. The average Bonchev–Trinajstić information content (AvgIpc) is 3.01. The van der Waals surface area contributed by atoms with Crippen molar-refractivity contribution in [3.63, 3.8) is 0 Å². The fraction of sp³-hybridized carbons (Fsp3) is 0.438. The number of rotatable bonds is 6. The van der Waals surface area contributed by atoms with Crippen molar-refractivity contribution in [3.8, 4) is 0 Å². The summed E-state index contributed by atoms with van der Waals surface area (Å²) in [6.07, 6.45) is -2.68. The number of carbonyl (C=O) groups is 1. The van der Waals surface area contributed by atoms with Gasteiger partial charge >= 0.3 is 6.18 Å². The van der Waals surface area contributed by atoms with Crippen molar-refractivity contribution < 1.29 is 30.9 Å². The summed E-state index contributed by atoms with van der Waals surface area (Å²) in [5.41, 5.74) is -0.630. The van der Waals surface area contributed by atoms with Gasteiger partial charge < -0.3 is 4.52 Å². The molecule has 1 N–H and O–H groups in total. The quantitative estimate of drug-likeness (QED) is 0.792. The molecule has 0 radical (unpaired) electrons. The molecular weight excluding hydrogens is 387 g/mol. The number of nitrogens with one attached hydrogen (secondary N) is 1. The maximum absolute atomic E-state index is 12.7. The molecule has 0 spiro atoms. The third-order valence-electron chi connectivity index (χ3n) is 3.86. The molecule has 148 valence electrons. The van der Waals surface area contributed by atoms with Gasteiger partial charge in [-0.3, -0.25) is 15.1 Å². The molecule has 0 bridgehead atoms. The first kappa shape index (κ1) is 20.9. The van der Waals surface area contributed by atoms with E-state index in [0.717, 1.165) is 26.3 Å². The number of sulfone groups is 1. The van der Waals surface area contributed by atoms with E-state index in [0.29, 0.717) is 24.4 Å². The first-order chi connectivity index (χ1) is 12.4. The Kier molecular flexibility index (Phi) is 5.64. The Bertz CT molecular complexity index is 919. The molecule has 7 nitrogen and oxygen atoms in total. The van der Waals surface area contributed by atoms with E-state index in [2.05, 4.69) is 15.5 Å². The van der Waals surface area contributed by atoms with Crippen molar-refractivity contribution in [1.82, 2.24) is 10.1 Å². The van der Waals surface area contributed by atoms with Crippen LogP contribution in [0.5, 0.6) is 0 Å². The van der Waals surface area contributed by atoms with Gasteiger partial charge in [-0.2, -0.15) is 13.2 Å². The van der Waals surface area contributed by atoms with Crippen LogP contribution in [0.2, 0.25) is 0 Å². The number of pyridine rings is 1. The van der Waals surface area contributed by atoms with E-state index in [4.69, 9.17) is 4.52 Å². The third kappa shape index (κ3) is 4.29.